The topological polar surface area (TPSA) is 89.2 Å². The summed E-state index contributed by atoms with van der Waals surface area (Å²) in [7, 11) is -3.34. The van der Waals surface area contributed by atoms with Gasteiger partial charge in [-0.25, -0.2) is 13.4 Å². The Labute approximate surface area is 140 Å². The summed E-state index contributed by atoms with van der Waals surface area (Å²) in [6.45, 7) is 1.15. The fourth-order valence-electron chi connectivity index (χ4n) is 2.89. The Balaban J connectivity index is 1.64. The lowest BCUT2D eigenvalue weighted by atomic mass is 9.95. The molecule has 1 atom stereocenters. The molecule has 1 unspecified atom stereocenters. The maximum absolute atomic E-state index is 12.6. The molecule has 0 radical (unpaired) electrons. The highest BCUT2D eigenvalue weighted by molar-refractivity contribution is 7.91. The quantitative estimate of drug-likeness (QED) is 0.911. The maximum atomic E-state index is 12.6. The highest BCUT2D eigenvalue weighted by Gasteiger charge is 2.28. The summed E-state index contributed by atoms with van der Waals surface area (Å²) < 4.78 is 27.3. The second-order valence-corrected chi connectivity index (χ2v) is 8.88. The molecule has 3 heterocycles. The van der Waals surface area contributed by atoms with Gasteiger partial charge in [0, 0.05) is 13.1 Å². The van der Waals surface area contributed by atoms with Gasteiger partial charge in [0.05, 0.1) is 18.1 Å². The van der Waals surface area contributed by atoms with E-state index < -0.39 is 10.0 Å². The maximum Gasteiger partial charge on any atom is 0.252 e. The molecule has 3 rings (SSSR count). The third-order valence-electron chi connectivity index (χ3n) is 4.12. The van der Waals surface area contributed by atoms with Crippen molar-refractivity contribution in [1.29, 1.82) is 0 Å². The molecule has 1 aliphatic heterocycles. The first-order valence-electron chi connectivity index (χ1n) is 7.66. The standard InChI is InChI=1S/C15H20N4O2S2/c16-14-11-17-13(10-18-14)9-12-3-1-6-19(7-5-12)23(20,21)15-4-2-8-22-15/h2,4,8,10-12H,1,3,5-7,9H2,(H2,16,18). The van der Waals surface area contributed by atoms with Crippen molar-refractivity contribution in [3.8, 4) is 0 Å². The zero-order valence-electron chi connectivity index (χ0n) is 12.8. The molecule has 2 aromatic heterocycles. The van der Waals surface area contributed by atoms with E-state index in [1.165, 1.54) is 11.3 Å². The number of hydrogen-bond acceptors (Lipinski definition) is 6. The largest absolute Gasteiger partial charge is 0.382 e. The third kappa shape index (κ3) is 3.88. The fraction of sp³-hybridized carbons (Fsp3) is 0.467. The van der Waals surface area contributed by atoms with E-state index in [1.54, 1.807) is 34.2 Å². The Morgan fingerprint density at radius 1 is 1.26 bits per heavy atom. The predicted molar refractivity (Wildman–Crippen MR) is 90.6 cm³/mol. The number of hydrogen-bond donors (Lipinski definition) is 1. The highest BCUT2D eigenvalue weighted by Crippen LogP contribution is 2.27. The van der Waals surface area contributed by atoms with Gasteiger partial charge in [0.2, 0.25) is 0 Å². The predicted octanol–water partition coefficient (Wildman–Crippen LogP) is 2.15. The van der Waals surface area contributed by atoms with Crippen molar-refractivity contribution in [3.05, 3.63) is 35.6 Å². The van der Waals surface area contributed by atoms with E-state index in [0.717, 1.165) is 31.4 Å². The van der Waals surface area contributed by atoms with Crippen LogP contribution in [0.5, 0.6) is 0 Å². The second kappa shape index (κ2) is 6.94. The second-order valence-electron chi connectivity index (χ2n) is 5.77. The number of anilines is 1. The molecule has 0 aliphatic carbocycles. The van der Waals surface area contributed by atoms with E-state index in [0.29, 0.717) is 29.0 Å². The lowest BCUT2D eigenvalue weighted by molar-refractivity contribution is 0.410. The summed E-state index contributed by atoms with van der Waals surface area (Å²) in [4.78, 5) is 8.36. The number of nitrogen functional groups attached to an aromatic ring is 1. The third-order valence-corrected chi connectivity index (χ3v) is 7.39. The van der Waals surface area contributed by atoms with Gasteiger partial charge in [0.25, 0.3) is 10.0 Å². The molecule has 6 nitrogen and oxygen atoms in total. The molecule has 0 aromatic carbocycles. The van der Waals surface area contributed by atoms with Crippen LogP contribution in [0.1, 0.15) is 25.0 Å². The average Bonchev–Trinajstić information content (AvgIpc) is 2.98. The Kier molecular flexibility index (Phi) is 4.93. The van der Waals surface area contributed by atoms with Gasteiger partial charge in [-0.2, -0.15) is 4.31 Å². The van der Waals surface area contributed by atoms with Gasteiger partial charge in [-0.15, -0.1) is 11.3 Å². The molecule has 1 saturated heterocycles. The van der Waals surface area contributed by atoms with Crippen LogP contribution in [0.4, 0.5) is 5.82 Å². The van der Waals surface area contributed by atoms with Gasteiger partial charge in [-0.3, -0.25) is 4.98 Å². The van der Waals surface area contributed by atoms with Gasteiger partial charge in [0.15, 0.2) is 0 Å². The lowest BCUT2D eigenvalue weighted by Gasteiger charge is -2.19. The van der Waals surface area contributed by atoms with Gasteiger partial charge in [0.1, 0.15) is 10.0 Å². The first-order valence-corrected chi connectivity index (χ1v) is 9.98. The lowest BCUT2D eigenvalue weighted by Crippen LogP contribution is -2.31. The molecule has 8 heteroatoms. The van der Waals surface area contributed by atoms with Crippen molar-refractivity contribution >= 4 is 27.2 Å². The van der Waals surface area contributed by atoms with E-state index in [4.69, 9.17) is 5.73 Å². The molecule has 124 valence electrons. The molecule has 1 fully saturated rings. The number of rotatable bonds is 4. The molecule has 1 aliphatic rings. The summed E-state index contributed by atoms with van der Waals surface area (Å²) in [5, 5.41) is 1.80. The van der Waals surface area contributed by atoms with Crippen LogP contribution >= 0.6 is 11.3 Å². The summed E-state index contributed by atoms with van der Waals surface area (Å²) in [6, 6.07) is 3.45. The van der Waals surface area contributed by atoms with E-state index >= 15 is 0 Å². The van der Waals surface area contributed by atoms with E-state index in [2.05, 4.69) is 9.97 Å². The van der Waals surface area contributed by atoms with Gasteiger partial charge < -0.3 is 5.73 Å². The Bertz CT molecular complexity index is 729. The first-order chi connectivity index (χ1) is 11.1. The Morgan fingerprint density at radius 2 is 2.13 bits per heavy atom. The van der Waals surface area contributed by atoms with Crippen molar-refractivity contribution in [2.45, 2.75) is 29.9 Å². The number of nitrogens with two attached hydrogens (primary N) is 1. The number of sulfonamides is 1. The monoisotopic (exact) mass is 352 g/mol. The van der Waals surface area contributed by atoms with Crippen molar-refractivity contribution in [2.75, 3.05) is 18.8 Å². The van der Waals surface area contributed by atoms with Crippen molar-refractivity contribution < 1.29 is 8.42 Å². The van der Waals surface area contributed by atoms with Crippen LogP contribution in [-0.4, -0.2) is 35.8 Å². The molecule has 2 aromatic rings. The number of thiophene rings is 1. The molecule has 0 bridgehead atoms. The van der Waals surface area contributed by atoms with Crippen molar-refractivity contribution in [2.24, 2.45) is 5.92 Å². The van der Waals surface area contributed by atoms with Gasteiger partial charge in [-0.05, 0) is 43.0 Å². The highest BCUT2D eigenvalue weighted by atomic mass is 32.2. The molecule has 2 N–H and O–H groups in total. The molecule has 0 spiro atoms. The Hall–Kier alpha value is -1.51. The number of aromatic nitrogens is 2. The van der Waals surface area contributed by atoms with Crippen LogP contribution in [0, 0.1) is 5.92 Å². The first kappa shape index (κ1) is 16.4. The summed E-state index contributed by atoms with van der Waals surface area (Å²) in [6.07, 6.45) is 6.82. The molecular weight excluding hydrogens is 332 g/mol. The fourth-order valence-corrected chi connectivity index (χ4v) is 5.52. The molecule has 0 saturated carbocycles. The zero-order chi connectivity index (χ0) is 16.3. The summed E-state index contributed by atoms with van der Waals surface area (Å²) >= 11 is 1.28. The van der Waals surface area contributed by atoms with Crippen LogP contribution in [0.2, 0.25) is 0 Å². The van der Waals surface area contributed by atoms with E-state index in [9.17, 15) is 8.42 Å². The van der Waals surface area contributed by atoms with E-state index in [-0.39, 0.29) is 0 Å². The van der Waals surface area contributed by atoms with E-state index in [1.807, 2.05) is 0 Å². The van der Waals surface area contributed by atoms with Crippen LogP contribution in [-0.2, 0) is 16.4 Å². The van der Waals surface area contributed by atoms with Gasteiger partial charge >= 0.3 is 0 Å². The molecule has 23 heavy (non-hydrogen) atoms. The summed E-state index contributed by atoms with van der Waals surface area (Å²) in [5.41, 5.74) is 6.47. The number of nitrogens with zero attached hydrogens (tertiary/aromatic N) is 3. The van der Waals surface area contributed by atoms with Crippen LogP contribution in [0.15, 0.2) is 34.1 Å². The average molecular weight is 352 g/mol. The molecule has 0 amide bonds. The minimum absolute atomic E-state index is 0.419. The minimum Gasteiger partial charge on any atom is -0.382 e. The molecular formula is C15H20N4O2S2. The zero-order valence-corrected chi connectivity index (χ0v) is 14.4. The van der Waals surface area contributed by atoms with Crippen LogP contribution in [0.25, 0.3) is 0 Å². The SMILES string of the molecule is Nc1cnc(CC2CCCN(S(=O)(=O)c3cccs3)CC2)cn1. The normalized spacial score (nSPS) is 20.3. The van der Waals surface area contributed by atoms with Crippen LogP contribution in [0.3, 0.4) is 0 Å². The summed E-state index contributed by atoms with van der Waals surface area (Å²) in [5.74, 6) is 0.847. The minimum atomic E-state index is -3.34. The van der Waals surface area contributed by atoms with Crippen molar-refractivity contribution in [3.63, 3.8) is 0 Å². The van der Waals surface area contributed by atoms with Crippen LogP contribution < -0.4 is 5.73 Å². The Morgan fingerprint density at radius 3 is 2.83 bits per heavy atom. The smallest absolute Gasteiger partial charge is 0.252 e. The van der Waals surface area contributed by atoms with Gasteiger partial charge in [-0.1, -0.05) is 6.07 Å². The van der Waals surface area contributed by atoms with Crippen molar-refractivity contribution in [1.82, 2.24) is 14.3 Å².